The molecule has 0 amide bonds. The second-order valence-corrected chi connectivity index (χ2v) is 7.35. The molecule has 1 fully saturated rings. The van der Waals surface area contributed by atoms with Crippen molar-refractivity contribution in [3.05, 3.63) is 29.3 Å². The molecule has 0 aliphatic carbocycles. The number of aryl methyl sites for hydroxylation is 2. The molecule has 2 unspecified atom stereocenters. The zero-order chi connectivity index (χ0) is 14.2. The summed E-state index contributed by atoms with van der Waals surface area (Å²) in [6, 6.07) is 5.41. The Labute approximate surface area is 115 Å². The van der Waals surface area contributed by atoms with Gasteiger partial charge >= 0.3 is 0 Å². The third-order valence-electron chi connectivity index (χ3n) is 3.87. The Hall–Kier alpha value is -0.910. The second kappa shape index (κ2) is 5.23. The SMILES string of the molecule is Cc1ccc(S(=O)(=O)N2CCCC(C)C2N)c(C)c1. The van der Waals surface area contributed by atoms with E-state index in [-0.39, 0.29) is 5.92 Å². The minimum Gasteiger partial charge on any atom is -0.315 e. The number of hydrogen-bond donors (Lipinski definition) is 1. The highest BCUT2D eigenvalue weighted by molar-refractivity contribution is 7.89. The van der Waals surface area contributed by atoms with Crippen molar-refractivity contribution >= 4 is 10.0 Å². The highest BCUT2D eigenvalue weighted by atomic mass is 32.2. The lowest BCUT2D eigenvalue weighted by Crippen LogP contribution is -2.52. The first-order valence-corrected chi connectivity index (χ1v) is 8.12. The Morgan fingerprint density at radius 3 is 2.63 bits per heavy atom. The van der Waals surface area contributed by atoms with Crippen molar-refractivity contribution in [2.75, 3.05) is 6.54 Å². The monoisotopic (exact) mass is 282 g/mol. The van der Waals surface area contributed by atoms with Crippen LogP contribution in [0, 0.1) is 19.8 Å². The Kier molecular flexibility index (Phi) is 3.99. The van der Waals surface area contributed by atoms with Crippen LogP contribution in [-0.2, 0) is 10.0 Å². The van der Waals surface area contributed by atoms with E-state index in [1.165, 1.54) is 4.31 Å². The highest BCUT2D eigenvalue weighted by Crippen LogP contribution is 2.28. The van der Waals surface area contributed by atoms with Gasteiger partial charge in [-0.2, -0.15) is 4.31 Å². The lowest BCUT2D eigenvalue weighted by Gasteiger charge is -2.36. The average Bonchev–Trinajstić information content (AvgIpc) is 2.31. The molecule has 2 rings (SSSR count). The van der Waals surface area contributed by atoms with Crippen LogP contribution in [0.5, 0.6) is 0 Å². The van der Waals surface area contributed by atoms with E-state index in [0.29, 0.717) is 11.4 Å². The third kappa shape index (κ3) is 2.68. The predicted octanol–water partition coefficient (Wildman–Crippen LogP) is 2.01. The van der Waals surface area contributed by atoms with E-state index in [1.807, 2.05) is 32.9 Å². The average molecular weight is 282 g/mol. The van der Waals surface area contributed by atoms with Crippen LogP contribution in [-0.4, -0.2) is 25.4 Å². The van der Waals surface area contributed by atoms with Crippen LogP contribution in [0.2, 0.25) is 0 Å². The van der Waals surface area contributed by atoms with E-state index in [9.17, 15) is 8.42 Å². The van der Waals surface area contributed by atoms with Gasteiger partial charge in [0.2, 0.25) is 10.0 Å². The zero-order valence-electron chi connectivity index (χ0n) is 11.8. The minimum absolute atomic E-state index is 0.203. The third-order valence-corrected chi connectivity index (χ3v) is 5.93. The van der Waals surface area contributed by atoms with Crippen LogP contribution in [0.25, 0.3) is 0 Å². The summed E-state index contributed by atoms with van der Waals surface area (Å²) in [5.41, 5.74) is 7.92. The van der Waals surface area contributed by atoms with Crippen LogP contribution < -0.4 is 5.73 Å². The molecule has 1 aromatic carbocycles. The van der Waals surface area contributed by atoms with Crippen molar-refractivity contribution in [3.8, 4) is 0 Å². The van der Waals surface area contributed by atoms with Crippen molar-refractivity contribution in [3.63, 3.8) is 0 Å². The largest absolute Gasteiger partial charge is 0.315 e. The van der Waals surface area contributed by atoms with Gasteiger partial charge < -0.3 is 5.73 Å². The van der Waals surface area contributed by atoms with E-state index in [1.54, 1.807) is 6.07 Å². The summed E-state index contributed by atoms with van der Waals surface area (Å²) in [5.74, 6) is 0.203. The summed E-state index contributed by atoms with van der Waals surface area (Å²) >= 11 is 0. The van der Waals surface area contributed by atoms with E-state index in [2.05, 4.69) is 0 Å². The van der Waals surface area contributed by atoms with Gasteiger partial charge in [-0.15, -0.1) is 0 Å². The summed E-state index contributed by atoms with van der Waals surface area (Å²) < 4.78 is 26.9. The Bertz CT molecular complexity index is 569. The lowest BCUT2D eigenvalue weighted by molar-refractivity contribution is 0.192. The molecule has 1 saturated heterocycles. The molecule has 5 heteroatoms. The molecule has 0 bridgehead atoms. The van der Waals surface area contributed by atoms with Crippen LogP contribution in [0.3, 0.4) is 0 Å². The first-order chi connectivity index (χ1) is 8.84. The number of nitrogens with zero attached hydrogens (tertiary/aromatic N) is 1. The molecule has 4 nitrogen and oxygen atoms in total. The highest BCUT2D eigenvalue weighted by Gasteiger charge is 2.35. The molecule has 2 N–H and O–H groups in total. The summed E-state index contributed by atoms with van der Waals surface area (Å²) in [6.07, 6.45) is 1.44. The fourth-order valence-corrected chi connectivity index (χ4v) is 4.52. The van der Waals surface area contributed by atoms with Crippen molar-refractivity contribution in [2.45, 2.75) is 44.7 Å². The molecule has 19 heavy (non-hydrogen) atoms. The molecule has 0 spiro atoms. The van der Waals surface area contributed by atoms with Gasteiger partial charge in [-0.1, -0.05) is 24.6 Å². The predicted molar refractivity (Wildman–Crippen MR) is 76.2 cm³/mol. The molecule has 1 aliphatic heterocycles. The summed E-state index contributed by atoms with van der Waals surface area (Å²) in [6.45, 7) is 6.31. The van der Waals surface area contributed by atoms with Crippen molar-refractivity contribution in [1.29, 1.82) is 0 Å². The molecule has 1 aliphatic rings. The van der Waals surface area contributed by atoms with Gasteiger partial charge in [-0.25, -0.2) is 8.42 Å². The Morgan fingerprint density at radius 1 is 1.32 bits per heavy atom. The van der Waals surface area contributed by atoms with Gasteiger partial charge in [0.05, 0.1) is 11.1 Å². The molecule has 1 aromatic rings. The van der Waals surface area contributed by atoms with Crippen LogP contribution in [0.1, 0.15) is 30.9 Å². The molecule has 0 saturated carbocycles. The fourth-order valence-electron chi connectivity index (χ4n) is 2.67. The van der Waals surface area contributed by atoms with Crippen molar-refractivity contribution < 1.29 is 8.42 Å². The number of rotatable bonds is 2. The minimum atomic E-state index is -3.48. The summed E-state index contributed by atoms with van der Waals surface area (Å²) in [4.78, 5) is 0.377. The maximum atomic E-state index is 12.7. The molecule has 0 radical (unpaired) electrons. The molecular formula is C14H22N2O2S. The lowest BCUT2D eigenvalue weighted by atomic mass is 9.99. The van der Waals surface area contributed by atoms with Gasteiger partial charge in [0.1, 0.15) is 0 Å². The molecule has 106 valence electrons. The maximum Gasteiger partial charge on any atom is 0.244 e. The van der Waals surface area contributed by atoms with E-state index in [4.69, 9.17) is 5.73 Å². The number of benzene rings is 1. The number of sulfonamides is 1. The van der Waals surface area contributed by atoms with Crippen molar-refractivity contribution in [1.82, 2.24) is 4.31 Å². The number of nitrogens with two attached hydrogens (primary N) is 1. The quantitative estimate of drug-likeness (QED) is 0.902. The first kappa shape index (κ1) is 14.5. The molecule has 0 aromatic heterocycles. The van der Waals surface area contributed by atoms with Crippen LogP contribution in [0.15, 0.2) is 23.1 Å². The van der Waals surface area contributed by atoms with Gasteiger partial charge in [0, 0.05) is 6.54 Å². The first-order valence-electron chi connectivity index (χ1n) is 6.68. The van der Waals surface area contributed by atoms with E-state index >= 15 is 0 Å². The number of piperidine rings is 1. The van der Waals surface area contributed by atoms with Gasteiger partial charge in [0.25, 0.3) is 0 Å². The van der Waals surface area contributed by atoms with E-state index in [0.717, 1.165) is 24.0 Å². The van der Waals surface area contributed by atoms with Crippen LogP contribution >= 0.6 is 0 Å². The topological polar surface area (TPSA) is 63.4 Å². The number of hydrogen-bond acceptors (Lipinski definition) is 3. The second-order valence-electron chi connectivity index (χ2n) is 5.49. The van der Waals surface area contributed by atoms with Gasteiger partial charge in [0.15, 0.2) is 0 Å². The Morgan fingerprint density at radius 2 is 2.00 bits per heavy atom. The standard InChI is InChI=1S/C14H22N2O2S/c1-10-6-7-13(12(3)9-10)19(17,18)16-8-4-5-11(2)14(16)15/h6-7,9,11,14H,4-5,8,15H2,1-3H3. The maximum absolute atomic E-state index is 12.7. The Balaban J connectivity index is 2.41. The van der Waals surface area contributed by atoms with Gasteiger partial charge in [-0.3, -0.25) is 0 Å². The smallest absolute Gasteiger partial charge is 0.244 e. The van der Waals surface area contributed by atoms with Gasteiger partial charge in [-0.05, 0) is 44.2 Å². The summed E-state index contributed by atoms with van der Waals surface area (Å²) in [7, 11) is -3.48. The zero-order valence-corrected chi connectivity index (χ0v) is 12.6. The molecular weight excluding hydrogens is 260 g/mol. The summed E-state index contributed by atoms with van der Waals surface area (Å²) in [5, 5.41) is 0. The fraction of sp³-hybridized carbons (Fsp3) is 0.571. The van der Waals surface area contributed by atoms with Crippen molar-refractivity contribution in [2.24, 2.45) is 11.7 Å². The molecule has 1 heterocycles. The van der Waals surface area contributed by atoms with Crippen LogP contribution in [0.4, 0.5) is 0 Å². The molecule has 2 atom stereocenters. The normalized spacial score (nSPS) is 25.5. The van der Waals surface area contributed by atoms with E-state index < -0.39 is 16.2 Å².